The molecule has 0 bridgehead atoms. The van der Waals surface area contributed by atoms with E-state index >= 15 is 0 Å². The first-order valence-corrected chi connectivity index (χ1v) is 9.44. The van der Waals surface area contributed by atoms with Gasteiger partial charge in [0.05, 0.1) is 11.6 Å². The van der Waals surface area contributed by atoms with Crippen molar-refractivity contribution < 1.29 is 4.79 Å². The van der Waals surface area contributed by atoms with Crippen LogP contribution in [0.4, 0.5) is 0 Å². The normalized spacial score (nSPS) is 13.5. The summed E-state index contributed by atoms with van der Waals surface area (Å²) in [5, 5.41) is 8.86. The van der Waals surface area contributed by atoms with Crippen LogP contribution in [0.2, 0.25) is 0 Å². The first-order valence-electron chi connectivity index (χ1n) is 9.44. The lowest BCUT2D eigenvalue weighted by Gasteiger charge is -2.23. The lowest BCUT2D eigenvalue weighted by molar-refractivity contribution is -0.132. The smallest absolute Gasteiger partial charge is 0.223 e. The molecule has 0 aliphatic heterocycles. The number of nitriles is 1. The van der Waals surface area contributed by atoms with Crippen LogP contribution in [0.25, 0.3) is 0 Å². The van der Waals surface area contributed by atoms with Gasteiger partial charge >= 0.3 is 0 Å². The minimum Gasteiger partial charge on any atom is -0.335 e. The number of rotatable bonds is 7. The maximum Gasteiger partial charge on any atom is 0.223 e. The fourth-order valence-electron chi connectivity index (χ4n) is 3.15. The van der Waals surface area contributed by atoms with Crippen molar-refractivity contribution in [2.75, 3.05) is 0 Å². The Morgan fingerprint density at radius 1 is 1.08 bits per heavy atom. The van der Waals surface area contributed by atoms with E-state index in [-0.39, 0.29) is 5.91 Å². The lowest BCUT2D eigenvalue weighted by atomic mass is 10.0. The van der Waals surface area contributed by atoms with Crippen LogP contribution in [0, 0.1) is 11.3 Å². The number of carbonyl (C=O) groups excluding carboxylic acids is 1. The second-order valence-corrected chi connectivity index (χ2v) is 7.46. The van der Waals surface area contributed by atoms with Gasteiger partial charge in [-0.25, -0.2) is 0 Å². The molecule has 1 amide bonds. The van der Waals surface area contributed by atoms with Crippen molar-refractivity contribution in [1.29, 1.82) is 5.26 Å². The zero-order valence-corrected chi connectivity index (χ0v) is 15.6. The minimum atomic E-state index is 0.227. The van der Waals surface area contributed by atoms with E-state index in [1.54, 1.807) is 0 Å². The first-order chi connectivity index (χ1) is 12.6. The van der Waals surface area contributed by atoms with Crippen molar-refractivity contribution in [2.24, 2.45) is 0 Å². The van der Waals surface area contributed by atoms with Gasteiger partial charge in [-0.3, -0.25) is 4.79 Å². The van der Waals surface area contributed by atoms with Crippen molar-refractivity contribution in [1.82, 2.24) is 4.90 Å². The zero-order valence-electron chi connectivity index (χ0n) is 15.6. The average molecular weight is 346 g/mol. The van der Waals surface area contributed by atoms with Gasteiger partial charge in [0, 0.05) is 19.0 Å². The van der Waals surface area contributed by atoms with E-state index in [1.807, 2.05) is 29.2 Å². The highest BCUT2D eigenvalue weighted by Gasteiger charge is 2.32. The predicted molar refractivity (Wildman–Crippen MR) is 104 cm³/mol. The SMILES string of the molecule is CC(C)c1ccc(CN(C(=O)CCc2ccc(C#N)cc2)C2CC2)cc1. The minimum absolute atomic E-state index is 0.227. The van der Waals surface area contributed by atoms with Gasteiger partial charge in [0.15, 0.2) is 0 Å². The summed E-state index contributed by atoms with van der Waals surface area (Å²) in [4.78, 5) is 14.8. The molecule has 2 aromatic carbocycles. The molecule has 2 aromatic rings. The van der Waals surface area contributed by atoms with Gasteiger partial charge in [-0.15, -0.1) is 0 Å². The second-order valence-electron chi connectivity index (χ2n) is 7.46. The second kappa shape index (κ2) is 8.19. The van der Waals surface area contributed by atoms with E-state index in [4.69, 9.17) is 5.26 Å². The molecule has 3 nitrogen and oxygen atoms in total. The summed E-state index contributed by atoms with van der Waals surface area (Å²) in [5.74, 6) is 0.752. The Bertz CT molecular complexity index is 780. The lowest BCUT2D eigenvalue weighted by Crippen LogP contribution is -2.32. The zero-order chi connectivity index (χ0) is 18.5. The van der Waals surface area contributed by atoms with Crippen LogP contribution in [0.15, 0.2) is 48.5 Å². The van der Waals surface area contributed by atoms with Gasteiger partial charge in [-0.2, -0.15) is 5.26 Å². The number of nitrogens with zero attached hydrogens (tertiary/aromatic N) is 2. The molecule has 1 saturated carbocycles. The molecule has 0 N–H and O–H groups in total. The molecule has 3 rings (SSSR count). The van der Waals surface area contributed by atoms with E-state index in [1.165, 1.54) is 11.1 Å². The number of benzene rings is 2. The molecular formula is C23H26N2O. The molecule has 0 saturated heterocycles. The Hall–Kier alpha value is -2.60. The van der Waals surface area contributed by atoms with E-state index in [9.17, 15) is 4.79 Å². The molecule has 0 unspecified atom stereocenters. The Balaban J connectivity index is 1.60. The molecule has 0 aromatic heterocycles. The van der Waals surface area contributed by atoms with Gasteiger partial charge in [-0.05, 0) is 54.0 Å². The predicted octanol–water partition coefficient (Wildman–Crippen LogP) is 4.81. The molecular weight excluding hydrogens is 320 g/mol. The molecule has 1 aliphatic carbocycles. The summed E-state index contributed by atoms with van der Waals surface area (Å²) in [6, 6.07) is 18.7. The molecule has 0 spiro atoms. The van der Waals surface area contributed by atoms with Gasteiger partial charge in [0.25, 0.3) is 0 Å². The molecule has 1 aliphatic rings. The van der Waals surface area contributed by atoms with Crippen molar-refractivity contribution >= 4 is 5.91 Å². The number of carbonyl (C=O) groups is 1. The molecule has 0 heterocycles. The van der Waals surface area contributed by atoms with Crippen LogP contribution in [0.3, 0.4) is 0 Å². The molecule has 134 valence electrons. The topological polar surface area (TPSA) is 44.1 Å². The highest BCUT2D eigenvalue weighted by Crippen LogP contribution is 2.29. The fraction of sp³-hybridized carbons (Fsp3) is 0.391. The van der Waals surface area contributed by atoms with Gasteiger partial charge < -0.3 is 4.90 Å². The highest BCUT2D eigenvalue weighted by atomic mass is 16.2. The van der Waals surface area contributed by atoms with Gasteiger partial charge in [0.1, 0.15) is 0 Å². The van der Waals surface area contributed by atoms with E-state index < -0.39 is 0 Å². The summed E-state index contributed by atoms with van der Waals surface area (Å²) in [5.41, 5.74) is 4.30. The standard InChI is InChI=1S/C23H26N2O/c1-17(2)21-10-7-20(8-11-21)16-25(22-12-13-22)23(26)14-9-18-3-5-19(15-24)6-4-18/h3-8,10-11,17,22H,9,12-14,16H2,1-2H3. The Labute approximate surface area is 156 Å². The number of amides is 1. The third kappa shape index (κ3) is 4.73. The maximum atomic E-state index is 12.8. The van der Waals surface area contributed by atoms with Crippen molar-refractivity contribution in [3.63, 3.8) is 0 Å². The Kier molecular flexibility index (Phi) is 5.73. The van der Waals surface area contributed by atoms with Crippen LogP contribution >= 0.6 is 0 Å². The van der Waals surface area contributed by atoms with Crippen LogP contribution in [-0.2, 0) is 17.8 Å². The van der Waals surface area contributed by atoms with E-state index in [0.29, 0.717) is 30.5 Å². The number of hydrogen-bond acceptors (Lipinski definition) is 2. The molecule has 0 radical (unpaired) electrons. The summed E-state index contributed by atoms with van der Waals surface area (Å²) in [6.45, 7) is 5.09. The molecule has 26 heavy (non-hydrogen) atoms. The Morgan fingerprint density at radius 2 is 1.69 bits per heavy atom. The molecule has 1 fully saturated rings. The number of aryl methyl sites for hydroxylation is 1. The monoisotopic (exact) mass is 346 g/mol. The summed E-state index contributed by atoms with van der Waals surface area (Å²) >= 11 is 0. The maximum absolute atomic E-state index is 12.8. The van der Waals surface area contributed by atoms with Crippen molar-refractivity contribution in [3.05, 3.63) is 70.8 Å². The quantitative estimate of drug-likeness (QED) is 0.722. The third-order valence-corrected chi connectivity index (χ3v) is 5.02. The van der Waals surface area contributed by atoms with Crippen LogP contribution in [-0.4, -0.2) is 16.8 Å². The van der Waals surface area contributed by atoms with Crippen molar-refractivity contribution in [2.45, 2.75) is 58.0 Å². The molecule has 3 heteroatoms. The molecule has 0 atom stereocenters. The van der Waals surface area contributed by atoms with Crippen LogP contribution < -0.4 is 0 Å². The van der Waals surface area contributed by atoms with E-state index in [2.05, 4.69) is 44.2 Å². The van der Waals surface area contributed by atoms with Crippen LogP contribution in [0.1, 0.15) is 61.3 Å². The summed E-state index contributed by atoms with van der Waals surface area (Å²) < 4.78 is 0. The average Bonchev–Trinajstić information content (AvgIpc) is 3.50. The summed E-state index contributed by atoms with van der Waals surface area (Å²) in [6.07, 6.45) is 3.48. The fourth-order valence-corrected chi connectivity index (χ4v) is 3.15. The third-order valence-electron chi connectivity index (χ3n) is 5.02. The van der Waals surface area contributed by atoms with Crippen molar-refractivity contribution in [3.8, 4) is 6.07 Å². The van der Waals surface area contributed by atoms with Gasteiger partial charge in [-0.1, -0.05) is 50.2 Å². The largest absolute Gasteiger partial charge is 0.335 e. The Morgan fingerprint density at radius 3 is 2.23 bits per heavy atom. The van der Waals surface area contributed by atoms with Gasteiger partial charge in [0.2, 0.25) is 5.91 Å². The highest BCUT2D eigenvalue weighted by molar-refractivity contribution is 5.77. The van der Waals surface area contributed by atoms with E-state index in [0.717, 1.165) is 24.8 Å². The number of hydrogen-bond donors (Lipinski definition) is 0. The summed E-state index contributed by atoms with van der Waals surface area (Å²) in [7, 11) is 0. The first kappa shape index (κ1) is 18.2. The van der Waals surface area contributed by atoms with Crippen LogP contribution in [0.5, 0.6) is 0 Å².